The minimum atomic E-state index is -0.922. The zero-order valence-electron chi connectivity index (χ0n) is 20.6. The van der Waals surface area contributed by atoms with Crippen LogP contribution >= 0.6 is 11.5 Å². The lowest BCUT2D eigenvalue weighted by Gasteiger charge is -2.27. The van der Waals surface area contributed by atoms with Crippen LogP contribution < -0.4 is 10.5 Å². The second-order valence-corrected chi connectivity index (χ2v) is 11.4. The molecule has 0 saturated heterocycles. The summed E-state index contributed by atoms with van der Waals surface area (Å²) in [6.45, 7) is 12.5. The summed E-state index contributed by atoms with van der Waals surface area (Å²) in [6.07, 6.45) is 3.91. The quantitative estimate of drug-likeness (QED) is 0.580. The second-order valence-electron chi connectivity index (χ2n) is 10.6. The molecule has 1 aliphatic rings. The Balaban J connectivity index is 2.05. The van der Waals surface area contributed by atoms with Gasteiger partial charge >= 0.3 is 12.2 Å². The molecule has 182 valence electrons. The average molecular weight is 479 g/mol. The van der Waals surface area contributed by atoms with Crippen molar-refractivity contribution in [3.8, 4) is 0 Å². The average Bonchev–Trinajstić information content (AvgIpc) is 3.09. The molecule has 2 heterocycles. The Morgan fingerprint density at radius 2 is 1.58 bits per heavy atom. The molecule has 0 N–H and O–H groups in total. The largest absolute Gasteiger partial charge is 0.443 e. The number of hydrogen-bond acceptors (Lipinski definition) is 8. The number of rotatable bonds is 3. The Morgan fingerprint density at radius 3 is 2.09 bits per heavy atom. The van der Waals surface area contributed by atoms with Gasteiger partial charge < -0.3 is 9.47 Å². The summed E-state index contributed by atoms with van der Waals surface area (Å²) in [5.74, 6) is 0.429. The van der Waals surface area contributed by atoms with E-state index in [1.165, 1.54) is 23.9 Å². The molecule has 0 spiro atoms. The molecule has 0 atom stereocenters. The van der Waals surface area contributed by atoms with E-state index in [4.69, 9.17) is 9.47 Å². The molecule has 0 radical (unpaired) electrons. The highest BCUT2D eigenvalue weighted by atomic mass is 32.1. The van der Waals surface area contributed by atoms with E-state index in [1.54, 1.807) is 48.5 Å². The second kappa shape index (κ2) is 9.40. The molecule has 0 aromatic carbocycles. The predicted octanol–water partition coefficient (Wildman–Crippen LogP) is 5.42. The maximum Gasteiger partial charge on any atom is 0.425 e. The molecule has 1 aliphatic carbocycles. The highest BCUT2D eigenvalue weighted by Crippen LogP contribution is 2.32. The topological polar surface area (TPSA) is 104 Å². The summed E-state index contributed by atoms with van der Waals surface area (Å²) in [6, 6.07) is 0. The van der Waals surface area contributed by atoms with Crippen LogP contribution in [0.3, 0.4) is 0 Å². The molecule has 0 aliphatic heterocycles. The van der Waals surface area contributed by atoms with Gasteiger partial charge in [-0.3, -0.25) is 4.79 Å². The van der Waals surface area contributed by atoms with E-state index in [0.717, 1.165) is 29.3 Å². The fourth-order valence-corrected chi connectivity index (χ4v) is 4.77. The number of anilines is 1. The summed E-state index contributed by atoms with van der Waals surface area (Å²) in [5.41, 5.74) is -1.44. The highest BCUT2D eigenvalue weighted by molar-refractivity contribution is 7.13. The lowest BCUT2D eigenvalue weighted by Crippen LogP contribution is -2.44. The predicted molar refractivity (Wildman–Crippen MR) is 128 cm³/mol. The molecule has 33 heavy (non-hydrogen) atoms. The number of fused-ring (bicyclic) bond motifs is 1. The minimum Gasteiger partial charge on any atom is -0.443 e. The normalized spacial score (nSPS) is 15.5. The van der Waals surface area contributed by atoms with E-state index in [0.29, 0.717) is 28.2 Å². The number of aryl methyl sites for hydroxylation is 1. The van der Waals surface area contributed by atoms with Crippen LogP contribution in [-0.2, 0) is 16.0 Å². The van der Waals surface area contributed by atoms with Crippen molar-refractivity contribution in [3.63, 3.8) is 0 Å². The van der Waals surface area contributed by atoms with Crippen LogP contribution in [0.1, 0.15) is 79.3 Å². The number of carbonyl (C=O) groups is 2. The van der Waals surface area contributed by atoms with E-state index in [-0.39, 0.29) is 11.4 Å². The Kier molecular flexibility index (Phi) is 7.16. The first kappa shape index (κ1) is 25.1. The van der Waals surface area contributed by atoms with E-state index in [9.17, 15) is 14.4 Å². The Labute approximate surface area is 198 Å². The molecular formula is C23H34N4O5S. The van der Waals surface area contributed by atoms with Crippen LogP contribution in [0, 0.1) is 12.8 Å². The Bertz CT molecular complexity index is 1060. The van der Waals surface area contributed by atoms with Gasteiger partial charge in [-0.1, -0.05) is 19.3 Å². The molecule has 2 aromatic rings. The molecule has 0 bridgehead atoms. The van der Waals surface area contributed by atoms with Gasteiger partial charge in [-0.2, -0.15) is 14.4 Å². The van der Waals surface area contributed by atoms with Gasteiger partial charge in [0.2, 0.25) is 0 Å². The minimum absolute atomic E-state index is 0.00502. The van der Waals surface area contributed by atoms with Crippen LogP contribution in [-0.4, -0.2) is 37.5 Å². The summed E-state index contributed by atoms with van der Waals surface area (Å²) >= 11 is 0.949. The van der Waals surface area contributed by atoms with Gasteiger partial charge in [0.05, 0.1) is 11.1 Å². The Morgan fingerprint density at radius 1 is 1.03 bits per heavy atom. The molecular weight excluding hydrogens is 444 g/mol. The Hall–Kier alpha value is -2.49. The van der Waals surface area contributed by atoms with Crippen molar-refractivity contribution in [2.75, 3.05) is 4.90 Å². The van der Waals surface area contributed by atoms with Gasteiger partial charge in [0.1, 0.15) is 15.9 Å². The molecule has 2 aromatic heterocycles. The van der Waals surface area contributed by atoms with Crippen molar-refractivity contribution in [2.45, 2.75) is 98.3 Å². The summed E-state index contributed by atoms with van der Waals surface area (Å²) < 4.78 is 17.1. The van der Waals surface area contributed by atoms with Crippen LogP contribution in [0.4, 0.5) is 15.4 Å². The van der Waals surface area contributed by atoms with Crippen LogP contribution in [0.2, 0.25) is 0 Å². The van der Waals surface area contributed by atoms with Gasteiger partial charge in [-0.15, -0.1) is 0 Å². The zero-order chi connectivity index (χ0) is 24.6. The molecule has 1 fully saturated rings. The van der Waals surface area contributed by atoms with Crippen molar-refractivity contribution < 1.29 is 19.1 Å². The summed E-state index contributed by atoms with van der Waals surface area (Å²) in [4.78, 5) is 40.0. The number of amides is 2. The van der Waals surface area contributed by atoms with Crippen molar-refractivity contribution in [2.24, 2.45) is 5.92 Å². The van der Waals surface area contributed by atoms with E-state index in [2.05, 4.69) is 9.47 Å². The summed E-state index contributed by atoms with van der Waals surface area (Å²) in [7, 11) is 0. The number of carbonyl (C=O) groups excluding carboxylic acids is 2. The van der Waals surface area contributed by atoms with Crippen molar-refractivity contribution in [3.05, 3.63) is 16.0 Å². The lowest BCUT2D eigenvalue weighted by molar-refractivity contribution is 0.0430. The standard InChI is InChI=1S/C23H34N4O5S/c1-14-16-17(19(28)26(24-14)13-15-11-9-8-10-12-15)33-25-18(16)27(20(29)31-22(2,3)4)21(30)32-23(5,6)7/h15H,8-13H2,1-7H3. The zero-order valence-corrected chi connectivity index (χ0v) is 21.4. The summed E-state index contributed by atoms with van der Waals surface area (Å²) in [5, 5.41) is 4.88. The van der Waals surface area contributed by atoms with Crippen molar-refractivity contribution in [1.29, 1.82) is 0 Å². The molecule has 3 rings (SSSR count). The SMILES string of the molecule is Cc1nn(CC2CCCCC2)c(=O)c2snc(N(C(=O)OC(C)(C)C)C(=O)OC(C)(C)C)c12. The van der Waals surface area contributed by atoms with Gasteiger partial charge in [0, 0.05) is 6.54 Å². The van der Waals surface area contributed by atoms with Crippen molar-refractivity contribution >= 4 is 39.6 Å². The number of imide groups is 1. The van der Waals surface area contributed by atoms with E-state index < -0.39 is 23.4 Å². The maximum atomic E-state index is 13.2. The van der Waals surface area contributed by atoms with Crippen molar-refractivity contribution in [1.82, 2.24) is 14.2 Å². The highest BCUT2D eigenvalue weighted by Gasteiger charge is 2.36. The van der Waals surface area contributed by atoms with E-state index in [1.807, 2.05) is 0 Å². The maximum absolute atomic E-state index is 13.2. The fraction of sp³-hybridized carbons (Fsp3) is 0.696. The third-order valence-electron chi connectivity index (χ3n) is 5.26. The number of aromatic nitrogens is 3. The van der Waals surface area contributed by atoms with E-state index >= 15 is 0 Å². The lowest BCUT2D eigenvalue weighted by atomic mass is 9.89. The number of hydrogen-bond donors (Lipinski definition) is 0. The monoisotopic (exact) mass is 478 g/mol. The van der Waals surface area contributed by atoms with Crippen LogP contribution in [0.15, 0.2) is 4.79 Å². The van der Waals surface area contributed by atoms with Gasteiger partial charge in [0.25, 0.3) is 5.56 Å². The molecule has 1 saturated carbocycles. The first-order valence-corrected chi connectivity index (χ1v) is 12.2. The third-order valence-corrected chi connectivity index (χ3v) is 6.08. The molecule has 2 amide bonds. The third kappa shape index (κ3) is 6.10. The fourth-order valence-electron chi connectivity index (χ4n) is 3.90. The van der Waals surface area contributed by atoms with Gasteiger partial charge in [-0.05, 0) is 78.8 Å². The molecule has 10 heteroatoms. The molecule has 0 unspecified atom stereocenters. The smallest absolute Gasteiger partial charge is 0.425 e. The number of nitrogens with zero attached hydrogens (tertiary/aromatic N) is 4. The van der Waals surface area contributed by atoms with Gasteiger partial charge in [0.15, 0.2) is 5.82 Å². The van der Waals surface area contributed by atoms with Crippen LogP contribution in [0.25, 0.3) is 10.1 Å². The number of ether oxygens (including phenoxy) is 2. The van der Waals surface area contributed by atoms with Crippen LogP contribution in [0.5, 0.6) is 0 Å². The first-order chi connectivity index (χ1) is 15.3. The molecule has 9 nitrogen and oxygen atoms in total. The first-order valence-electron chi connectivity index (χ1n) is 11.4. The van der Waals surface area contributed by atoms with Gasteiger partial charge in [-0.25, -0.2) is 14.3 Å².